The fraction of sp³-hybridized carbons (Fsp3) is 0.415. The van der Waals surface area contributed by atoms with Gasteiger partial charge in [0.15, 0.2) is 0 Å². The molecule has 0 radical (unpaired) electrons. The quantitative estimate of drug-likeness (QED) is 0.00769. The Morgan fingerprint density at radius 1 is 0.590 bits per heavy atom. The molecule has 2 saturated carbocycles. The maximum absolute atomic E-state index is 13.7. The third kappa shape index (κ3) is 20.9. The van der Waals surface area contributed by atoms with Crippen LogP contribution in [0.2, 0.25) is 0 Å². The van der Waals surface area contributed by atoms with Crippen LogP contribution >= 0.6 is 11.3 Å². The number of nitrogens with zero attached hydrogens (tertiary/aromatic N) is 3. The predicted molar refractivity (Wildman–Crippen MR) is 316 cm³/mol. The summed E-state index contributed by atoms with van der Waals surface area (Å²) in [7, 11) is 0. The Labute approximate surface area is 489 Å². The third-order valence-electron chi connectivity index (χ3n) is 14.2. The van der Waals surface area contributed by atoms with E-state index in [0.29, 0.717) is 111 Å². The number of hydrogen-bond donors (Lipinski definition) is 0. The molecule has 17 nitrogen and oxygen atoms in total. The van der Waals surface area contributed by atoms with Gasteiger partial charge in [0.25, 0.3) is 0 Å². The number of rotatable bonds is 31. The molecule has 0 saturated heterocycles. The highest BCUT2D eigenvalue weighted by molar-refractivity contribution is 7.22. The summed E-state index contributed by atoms with van der Waals surface area (Å²) in [5, 5.41) is 7.04. The summed E-state index contributed by atoms with van der Waals surface area (Å²) in [6.07, 6.45) is 15.1. The fourth-order valence-corrected chi connectivity index (χ4v) is 10.5. The van der Waals surface area contributed by atoms with Crippen LogP contribution in [-0.2, 0) is 38.2 Å². The van der Waals surface area contributed by atoms with Gasteiger partial charge >= 0.3 is 35.8 Å². The number of anilines is 1. The molecule has 4 aromatic carbocycles. The van der Waals surface area contributed by atoms with E-state index in [1.165, 1.54) is 17.6 Å². The van der Waals surface area contributed by atoms with E-state index in [-0.39, 0.29) is 54.2 Å². The molecule has 5 aromatic rings. The second kappa shape index (κ2) is 33.6. The molecule has 83 heavy (non-hydrogen) atoms. The van der Waals surface area contributed by atoms with Crippen LogP contribution in [-0.4, -0.2) is 80.0 Å². The smallest absolute Gasteiger partial charge is 0.330 e. The van der Waals surface area contributed by atoms with Gasteiger partial charge in [-0.15, -0.1) is 5.92 Å². The Balaban J connectivity index is 0.885. The lowest BCUT2D eigenvalue weighted by Crippen LogP contribution is -2.30. The highest BCUT2D eigenvalue weighted by atomic mass is 32.1. The standard InChI is InChI=1S/C65H73N3O14S/c1-4-7-38-68(65-67-56-18-12-13-19-58(56)83-65)66-45-50-44-55(81-64(74)49-26-24-48(25-27-49)63(73)80-54-34-30-52(31-35-54)76-40-15-9-11-17-42-78-60(70)6-3)36-37-57(50)82-61(71)43-46-20-22-47(23-21-46)62(72)79-53-32-28-51(29-33-53)75-39-14-8-10-16-41-77-59(69)5-2/h5-6,12-13,18-19,28-37,44-49H,2-3,8-11,14-17,20-27,38-43H2,1H3/b66-45+. The zero-order valence-electron chi connectivity index (χ0n) is 47.1. The van der Waals surface area contributed by atoms with Crippen molar-refractivity contribution in [1.82, 2.24) is 4.98 Å². The van der Waals surface area contributed by atoms with E-state index in [1.807, 2.05) is 24.3 Å². The highest BCUT2D eigenvalue weighted by Crippen LogP contribution is 2.36. The Kier molecular flexibility index (Phi) is 25.2. The first-order valence-corrected chi connectivity index (χ1v) is 29.4. The lowest BCUT2D eigenvalue weighted by Gasteiger charge is -2.26. The zero-order valence-corrected chi connectivity index (χ0v) is 48.0. The minimum absolute atomic E-state index is 0.0107. The molecule has 1 heterocycles. The van der Waals surface area contributed by atoms with Gasteiger partial charge in [0.1, 0.15) is 41.0 Å². The number of thiazole rings is 1. The lowest BCUT2D eigenvalue weighted by molar-refractivity contribution is -0.145. The van der Waals surface area contributed by atoms with Crippen molar-refractivity contribution in [3.63, 3.8) is 0 Å². The molecular formula is C65H73N3O14S. The van der Waals surface area contributed by atoms with Crippen molar-refractivity contribution in [3.8, 4) is 46.3 Å². The number of para-hydroxylation sites is 1. The molecule has 0 aliphatic heterocycles. The first kappa shape index (κ1) is 62.3. The van der Waals surface area contributed by atoms with E-state index < -0.39 is 29.8 Å². The van der Waals surface area contributed by atoms with Gasteiger partial charge in [-0.1, -0.05) is 42.5 Å². The van der Waals surface area contributed by atoms with Crippen LogP contribution in [0.4, 0.5) is 5.13 Å². The van der Waals surface area contributed by atoms with Crippen LogP contribution in [0.3, 0.4) is 0 Å². The van der Waals surface area contributed by atoms with Crippen LogP contribution in [0.25, 0.3) is 10.2 Å². The van der Waals surface area contributed by atoms with E-state index >= 15 is 0 Å². The van der Waals surface area contributed by atoms with Gasteiger partial charge in [-0.05, 0) is 194 Å². The minimum Gasteiger partial charge on any atom is -0.494 e. The van der Waals surface area contributed by atoms with Crippen LogP contribution < -0.4 is 33.4 Å². The summed E-state index contributed by atoms with van der Waals surface area (Å²) in [6, 6.07) is 26.4. The van der Waals surface area contributed by atoms with E-state index in [4.69, 9.17) is 48.0 Å². The summed E-state index contributed by atoms with van der Waals surface area (Å²) in [5.74, 6) is 5.07. The first-order valence-electron chi connectivity index (χ1n) is 28.6. The average molecular weight is 1150 g/mol. The number of fused-ring (bicyclic) bond motifs is 1. The molecule has 18 heteroatoms. The zero-order chi connectivity index (χ0) is 58.6. The largest absolute Gasteiger partial charge is 0.494 e. The van der Waals surface area contributed by atoms with Crippen molar-refractivity contribution >= 4 is 68.7 Å². The molecule has 2 fully saturated rings. The SMILES string of the molecule is C=CC(=O)OCCCCCCOc1ccc(OC(=O)C2CCC(CC(=O)Oc3ccc(OC(=O)C4CCC(C(=O)Oc5ccc(OCCCCCCOC(=O)C=C)cc5)CC4)cc3/C=N/N(CC#CC)c3nc4ccccc4s3)CC2)cc1. The molecule has 0 amide bonds. The second-order valence-electron chi connectivity index (χ2n) is 20.3. The molecule has 0 atom stereocenters. The number of benzene rings is 4. The maximum Gasteiger partial charge on any atom is 0.330 e. The van der Waals surface area contributed by atoms with Crippen molar-refractivity contribution in [2.45, 2.75) is 116 Å². The summed E-state index contributed by atoms with van der Waals surface area (Å²) in [4.78, 5) is 80.9. The third-order valence-corrected chi connectivity index (χ3v) is 15.3. The molecule has 0 unspecified atom stereocenters. The Morgan fingerprint density at radius 3 is 1.57 bits per heavy atom. The van der Waals surface area contributed by atoms with Crippen molar-refractivity contribution in [2.75, 3.05) is 38.0 Å². The number of ether oxygens (including phenoxy) is 8. The van der Waals surface area contributed by atoms with Crippen molar-refractivity contribution < 1.29 is 66.7 Å². The topological polar surface area (TPSA) is 205 Å². The normalized spacial score (nSPS) is 16.5. The van der Waals surface area contributed by atoms with Crippen molar-refractivity contribution in [1.29, 1.82) is 0 Å². The van der Waals surface area contributed by atoms with Gasteiger partial charge in [0, 0.05) is 24.1 Å². The number of unbranched alkanes of at least 4 members (excludes halogenated alkanes) is 6. The molecule has 7 rings (SSSR count). The molecule has 0 bridgehead atoms. The average Bonchev–Trinajstić information content (AvgIpc) is 4.19. The Morgan fingerprint density at radius 2 is 1.06 bits per heavy atom. The fourth-order valence-electron chi connectivity index (χ4n) is 9.53. The van der Waals surface area contributed by atoms with Gasteiger partial charge in [-0.25, -0.2) is 19.6 Å². The maximum atomic E-state index is 13.7. The monoisotopic (exact) mass is 1150 g/mol. The van der Waals surface area contributed by atoms with Crippen molar-refractivity contribution in [2.24, 2.45) is 28.8 Å². The molecule has 1 aromatic heterocycles. The number of aromatic nitrogens is 1. The number of hydrogen-bond acceptors (Lipinski definition) is 18. The van der Waals surface area contributed by atoms with Gasteiger partial charge in [-0.3, -0.25) is 19.2 Å². The van der Waals surface area contributed by atoms with E-state index in [9.17, 15) is 28.8 Å². The number of carbonyl (C=O) groups excluding carboxylic acids is 6. The second-order valence-corrected chi connectivity index (χ2v) is 21.3. The van der Waals surface area contributed by atoms with Crippen LogP contribution in [0.15, 0.2) is 121 Å². The van der Waals surface area contributed by atoms with E-state index in [1.54, 1.807) is 78.7 Å². The predicted octanol–water partition coefficient (Wildman–Crippen LogP) is 12.5. The molecule has 2 aliphatic rings. The van der Waals surface area contributed by atoms with Crippen LogP contribution in [0, 0.1) is 35.5 Å². The summed E-state index contributed by atoms with van der Waals surface area (Å²) >= 11 is 1.46. The van der Waals surface area contributed by atoms with Crippen LogP contribution in [0.1, 0.15) is 122 Å². The summed E-state index contributed by atoms with van der Waals surface area (Å²) in [5.41, 5.74) is 1.20. The minimum atomic E-state index is -0.452. The number of hydrazone groups is 1. The molecule has 438 valence electrons. The Bertz CT molecular complexity index is 3020. The van der Waals surface area contributed by atoms with Gasteiger partial charge < -0.3 is 37.9 Å². The highest BCUT2D eigenvalue weighted by Gasteiger charge is 2.33. The lowest BCUT2D eigenvalue weighted by atomic mass is 9.80. The summed E-state index contributed by atoms with van der Waals surface area (Å²) in [6.45, 7) is 10.6. The van der Waals surface area contributed by atoms with Crippen molar-refractivity contribution in [3.05, 3.63) is 122 Å². The van der Waals surface area contributed by atoms with Gasteiger partial charge in [-0.2, -0.15) is 5.10 Å². The molecular weight excluding hydrogens is 1080 g/mol. The Hall–Kier alpha value is -8.30. The van der Waals surface area contributed by atoms with E-state index in [0.717, 1.165) is 73.7 Å². The number of carbonyl (C=O) groups is 6. The molecule has 0 N–H and O–H groups in total. The summed E-state index contributed by atoms with van der Waals surface area (Å²) < 4.78 is 46.1. The molecule has 2 aliphatic carbocycles. The molecule has 0 spiro atoms. The first-order chi connectivity index (χ1) is 40.5. The van der Waals surface area contributed by atoms with Gasteiger partial charge in [0.2, 0.25) is 5.13 Å². The van der Waals surface area contributed by atoms with Gasteiger partial charge in [0.05, 0.1) is 60.6 Å². The number of esters is 6. The van der Waals surface area contributed by atoms with Crippen LogP contribution in [0.5, 0.6) is 34.5 Å². The van der Waals surface area contributed by atoms with E-state index in [2.05, 4.69) is 25.0 Å².